The molecular formula is C79H119BrN14O8S2Si4. The van der Waals surface area contributed by atoms with Gasteiger partial charge in [-0.3, -0.25) is 9.97 Å². The van der Waals surface area contributed by atoms with Crippen LogP contribution in [0.4, 0.5) is 21.2 Å². The summed E-state index contributed by atoms with van der Waals surface area (Å²) >= 11 is 7.36. The standard InChI is InChI=1S/C40H61N7O4SSi2.C39H58BrN7O4SSi2/c1-27-22-42-37(52-27)34-15-12-29(23-41-34)33-24-43-47-36(33)44-35(30-20-31-13-14-32(21-30)46(31)39(48)51-40(3,4)5)28(2)38(47)45(25-49-16-18-53(6,7)8)26-50-17-19-54(9,10)11;1-26-21-42-36(52-26)32-14-11-27(22-41-32)31-23-43-47-35(31)44-34(28-19-29-12-13-30(20-28)46(29)38(48)51-39(2,3)4)33(40)37(47)45(24-49-15-17-53(5,6)7)25-50-16-18-54(8,9)10/h12,15,22-24,30-32H,13-14,16-21,25-26H2,1-11H3;11,14,21-23,28-30H,12-13,15-20,24-25H2,1-10H3/t30?,31-,32+;28?,29-,30+. The quantitative estimate of drug-likeness (QED) is 0.0253. The van der Waals surface area contributed by atoms with Gasteiger partial charge in [-0.2, -0.15) is 19.2 Å². The summed E-state index contributed by atoms with van der Waals surface area (Å²) in [6.45, 7) is 50.6. The number of carbonyl (C=O) groups excluding carboxylic acids is 2. The fourth-order valence-electron chi connectivity index (χ4n) is 14.6. The molecule has 4 saturated heterocycles. The molecule has 8 aromatic rings. The second-order valence-electron chi connectivity index (χ2n) is 36.9. The van der Waals surface area contributed by atoms with Crippen molar-refractivity contribution in [1.82, 2.24) is 58.9 Å². The molecule has 0 aromatic carbocycles. The molecule has 29 heteroatoms. The van der Waals surface area contributed by atoms with Crippen LogP contribution in [0, 0.1) is 20.8 Å². The van der Waals surface area contributed by atoms with Gasteiger partial charge in [0.25, 0.3) is 0 Å². The van der Waals surface area contributed by atoms with Gasteiger partial charge in [-0.1, -0.05) is 90.7 Å². The van der Waals surface area contributed by atoms with Crippen molar-refractivity contribution >= 4 is 106 Å². The number of ether oxygens (including phenoxy) is 6. The van der Waals surface area contributed by atoms with Crippen molar-refractivity contribution < 1.29 is 38.0 Å². The van der Waals surface area contributed by atoms with E-state index in [1.807, 2.05) is 110 Å². The van der Waals surface area contributed by atoms with E-state index >= 15 is 0 Å². The molecule has 0 N–H and O–H groups in total. The van der Waals surface area contributed by atoms with Crippen molar-refractivity contribution in [3.8, 4) is 43.7 Å². The van der Waals surface area contributed by atoms with E-state index in [4.69, 9.17) is 58.6 Å². The number of hydrogen-bond acceptors (Lipinski definition) is 20. The van der Waals surface area contributed by atoms with Gasteiger partial charge < -0.3 is 48.0 Å². The first-order valence-corrected chi connectivity index (χ1v) is 56.1. The number of aromatic nitrogens is 10. The molecule has 2 unspecified atom stereocenters. The van der Waals surface area contributed by atoms with Crippen LogP contribution in [0.5, 0.6) is 0 Å². The molecule has 22 nitrogen and oxygen atoms in total. The minimum Gasteiger partial charge on any atom is -0.444 e. The molecule has 12 heterocycles. The van der Waals surface area contributed by atoms with Gasteiger partial charge in [-0.15, -0.1) is 22.7 Å². The normalized spacial score (nSPS) is 19.2. The third-order valence-electron chi connectivity index (χ3n) is 20.3. The number of carbonyl (C=O) groups is 2. The van der Waals surface area contributed by atoms with Crippen molar-refractivity contribution in [3.63, 3.8) is 0 Å². The highest BCUT2D eigenvalue weighted by molar-refractivity contribution is 9.10. The number of aryl methyl sites for hydroxylation is 2. The van der Waals surface area contributed by atoms with Crippen LogP contribution in [-0.2, 0) is 28.4 Å². The Balaban J connectivity index is 0.000000215. The molecule has 588 valence electrons. The van der Waals surface area contributed by atoms with Gasteiger partial charge in [0.1, 0.15) is 54.0 Å². The zero-order valence-electron chi connectivity index (χ0n) is 68.1. The first kappa shape index (κ1) is 83.1. The van der Waals surface area contributed by atoms with Crippen LogP contribution in [0.2, 0.25) is 103 Å². The highest BCUT2D eigenvalue weighted by Gasteiger charge is 2.48. The largest absolute Gasteiger partial charge is 0.444 e. The maximum Gasteiger partial charge on any atom is 0.410 e. The fourth-order valence-corrected chi connectivity index (χ4v) is 20.0. The Bertz CT molecular complexity index is 4040. The van der Waals surface area contributed by atoms with E-state index in [1.54, 1.807) is 22.7 Å². The maximum absolute atomic E-state index is 13.4. The lowest BCUT2D eigenvalue weighted by molar-refractivity contribution is 0.00457. The number of hydrogen-bond donors (Lipinski definition) is 0. The Hall–Kier alpha value is -5.87. The number of pyridine rings is 2. The molecule has 8 aromatic heterocycles. The highest BCUT2D eigenvalue weighted by atomic mass is 79.9. The van der Waals surface area contributed by atoms with Gasteiger partial charge in [-0.25, -0.2) is 29.5 Å². The SMILES string of the molecule is Cc1cnc(-c2ccc(-c3cnn4c(N(COCC[Si](C)(C)C)COCC[Si](C)(C)C)c(Br)c(C5C[C@H]6CC[C@@H](C5)N6C(=O)OC(C)(C)C)nc34)cn2)s1.Cc1cnc(-c2ccc(-c3cnn4c(N(COCC[Si](C)(C)C)COCC[Si](C)(C)C)c(C)c(C5C[C@H]6CC[C@@H](C5)N6C(=O)OC(C)(C)C)nc34)cn2)s1. The lowest BCUT2D eigenvalue weighted by Crippen LogP contribution is -2.48. The lowest BCUT2D eigenvalue weighted by Gasteiger charge is -2.40. The third-order valence-corrected chi connectivity index (χ3v) is 29.8. The summed E-state index contributed by atoms with van der Waals surface area (Å²) < 4.78 is 42.3. The van der Waals surface area contributed by atoms with E-state index in [-0.39, 0.29) is 48.2 Å². The molecule has 0 saturated carbocycles. The van der Waals surface area contributed by atoms with Crippen LogP contribution < -0.4 is 9.80 Å². The summed E-state index contributed by atoms with van der Waals surface area (Å²) in [7, 11) is -5.15. The molecule has 4 bridgehead atoms. The van der Waals surface area contributed by atoms with E-state index in [0.29, 0.717) is 53.4 Å². The molecule has 2 amide bonds. The molecule has 108 heavy (non-hydrogen) atoms. The third kappa shape index (κ3) is 21.5. The van der Waals surface area contributed by atoms with Crippen LogP contribution in [-0.4, -0.2) is 192 Å². The fraction of sp³-hybridized carbons (Fsp3) is 0.620. The van der Waals surface area contributed by atoms with E-state index < -0.39 is 43.5 Å². The number of fused-ring (bicyclic) bond motifs is 6. The van der Waals surface area contributed by atoms with E-state index in [9.17, 15) is 9.59 Å². The van der Waals surface area contributed by atoms with E-state index in [0.717, 1.165) is 173 Å². The Morgan fingerprint density at radius 3 is 1.15 bits per heavy atom. The summed E-state index contributed by atoms with van der Waals surface area (Å²) in [4.78, 5) is 67.1. The first-order chi connectivity index (χ1) is 50.7. The predicted molar refractivity (Wildman–Crippen MR) is 451 cm³/mol. The number of amides is 2. The number of anilines is 2. The molecule has 4 aliphatic rings. The van der Waals surface area contributed by atoms with Crippen molar-refractivity contribution in [2.24, 2.45) is 0 Å². The second-order valence-corrected chi connectivity index (χ2v) is 62.7. The van der Waals surface area contributed by atoms with Crippen molar-refractivity contribution in [2.75, 3.05) is 63.2 Å². The Morgan fingerprint density at radius 1 is 0.481 bits per heavy atom. The van der Waals surface area contributed by atoms with Gasteiger partial charge >= 0.3 is 12.2 Å². The van der Waals surface area contributed by atoms with Crippen molar-refractivity contribution in [1.29, 1.82) is 0 Å². The van der Waals surface area contributed by atoms with Crippen molar-refractivity contribution in [2.45, 2.75) is 264 Å². The lowest BCUT2D eigenvalue weighted by atomic mass is 9.86. The van der Waals surface area contributed by atoms with Gasteiger partial charge in [0, 0.05) is 157 Å². The number of piperidine rings is 2. The Labute approximate surface area is 661 Å². The summed E-state index contributed by atoms with van der Waals surface area (Å²) in [5.41, 5.74) is 8.92. The molecule has 0 spiro atoms. The molecule has 4 aliphatic heterocycles. The smallest absolute Gasteiger partial charge is 0.410 e. The average molecular weight is 1650 g/mol. The molecular weight excluding hydrogens is 1530 g/mol. The van der Waals surface area contributed by atoms with Gasteiger partial charge in [0.05, 0.1) is 39.6 Å². The Kier molecular flexibility index (Phi) is 26.3. The molecule has 6 atom stereocenters. The molecule has 0 aliphatic carbocycles. The summed E-state index contributed by atoms with van der Waals surface area (Å²) in [6.07, 6.45) is 18.1. The monoisotopic (exact) mass is 1650 g/mol. The average Bonchev–Trinajstić information content (AvgIpc) is 1.54. The Morgan fingerprint density at radius 2 is 0.824 bits per heavy atom. The molecule has 4 fully saturated rings. The van der Waals surface area contributed by atoms with Gasteiger partial charge in [0.15, 0.2) is 17.1 Å². The van der Waals surface area contributed by atoms with Crippen molar-refractivity contribution in [3.05, 3.63) is 92.6 Å². The molecule has 12 rings (SSSR count). The summed E-state index contributed by atoms with van der Waals surface area (Å²) in [5.74, 6) is 2.08. The van der Waals surface area contributed by atoms with Crippen LogP contribution in [0.3, 0.4) is 0 Å². The van der Waals surface area contributed by atoms with Crippen LogP contribution in [0.25, 0.3) is 55.0 Å². The number of rotatable bonds is 28. The number of nitrogens with zero attached hydrogens (tertiary/aromatic N) is 14. The summed E-state index contributed by atoms with van der Waals surface area (Å²) in [6, 6.07) is 13.0. The summed E-state index contributed by atoms with van der Waals surface area (Å²) in [5, 5.41) is 11.8. The van der Waals surface area contributed by atoms with Crippen LogP contribution in [0.1, 0.15) is 131 Å². The first-order valence-electron chi connectivity index (χ1n) is 38.8. The number of thiazole rings is 2. The zero-order valence-corrected chi connectivity index (χ0v) is 75.3. The van der Waals surface area contributed by atoms with Crippen LogP contribution in [0.15, 0.2) is 65.9 Å². The minimum absolute atomic E-state index is 0.0958. The maximum atomic E-state index is 13.4. The number of halogens is 1. The minimum atomic E-state index is -1.29. The zero-order chi connectivity index (χ0) is 78.0. The van der Waals surface area contributed by atoms with Gasteiger partial charge in [-0.05, 0) is 166 Å². The van der Waals surface area contributed by atoms with E-state index in [1.165, 1.54) is 0 Å². The highest BCUT2D eigenvalue weighted by Crippen LogP contribution is 2.49. The topological polar surface area (TPSA) is 214 Å². The predicted octanol–water partition coefficient (Wildman–Crippen LogP) is 19.7. The molecule has 0 radical (unpaired) electrons. The van der Waals surface area contributed by atoms with Crippen LogP contribution >= 0.6 is 38.6 Å². The van der Waals surface area contributed by atoms with E-state index in [2.05, 4.69) is 147 Å². The van der Waals surface area contributed by atoms with Gasteiger partial charge in [0.2, 0.25) is 0 Å². The second kappa shape index (κ2) is 34.2.